The van der Waals surface area contributed by atoms with E-state index in [1.54, 1.807) is 37.3 Å². The van der Waals surface area contributed by atoms with Crippen LogP contribution in [0.4, 0.5) is 13.2 Å². The van der Waals surface area contributed by atoms with Crippen LogP contribution in [0.5, 0.6) is 5.75 Å². The van der Waals surface area contributed by atoms with E-state index in [0.29, 0.717) is 17.3 Å². The summed E-state index contributed by atoms with van der Waals surface area (Å²) in [5.41, 5.74) is 2.40. The van der Waals surface area contributed by atoms with Crippen molar-refractivity contribution in [2.24, 2.45) is 5.73 Å². The first kappa shape index (κ1) is 21.4. The van der Waals surface area contributed by atoms with Gasteiger partial charge in [0.1, 0.15) is 12.4 Å². The highest BCUT2D eigenvalue weighted by Crippen LogP contribution is 2.36. The van der Waals surface area contributed by atoms with Crippen LogP contribution >= 0.6 is 23.4 Å². The molecule has 0 aliphatic carbocycles. The van der Waals surface area contributed by atoms with Crippen LogP contribution in [0, 0.1) is 0 Å². The fourth-order valence-electron chi connectivity index (χ4n) is 2.08. The van der Waals surface area contributed by atoms with Gasteiger partial charge in [0.2, 0.25) is 5.91 Å². The number of nitrogens with one attached hydrogen (secondary N) is 1. The van der Waals surface area contributed by atoms with Crippen LogP contribution in [-0.4, -0.2) is 17.5 Å². The minimum atomic E-state index is -4.30. The van der Waals surface area contributed by atoms with Crippen LogP contribution in [0.2, 0.25) is 5.02 Å². The van der Waals surface area contributed by atoms with Gasteiger partial charge < -0.3 is 15.8 Å². The third-order valence-electron chi connectivity index (χ3n) is 3.61. The van der Waals surface area contributed by atoms with Crippen molar-refractivity contribution < 1.29 is 22.7 Å². The van der Waals surface area contributed by atoms with Gasteiger partial charge in [0, 0.05) is 16.5 Å². The molecule has 0 saturated carbocycles. The van der Waals surface area contributed by atoms with Crippen molar-refractivity contribution in [1.82, 2.24) is 5.32 Å². The van der Waals surface area contributed by atoms with Crippen molar-refractivity contribution in [3.8, 4) is 5.75 Å². The first-order valence-corrected chi connectivity index (χ1v) is 9.12. The molecule has 9 heteroatoms. The standard InChI is InChI=1S/C18H18ClF3N2O2S/c1-11(17(23)25)24-9-13-4-5-14(8-16(13)19)26-10-12-2-6-15(7-3-12)27-18(20,21)22/h2-8,11,24H,9-10H2,1H3,(H2,23,25). The van der Waals surface area contributed by atoms with Crippen molar-refractivity contribution in [2.75, 3.05) is 0 Å². The van der Waals surface area contributed by atoms with Crippen LogP contribution in [0.25, 0.3) is 0 Å². The second-order valence-electron chi connectivity index (χ2n) is 5.74. The Kier molecular flexibility index (Phi) is 7.41. The molecular weight excluding hydrogens is 401 g/mol. The Morgan fingerprint density at radius 2 is 1.93 bits per heavy atom. The quantitative estimate of drug-likeness (QED) is 0.620. The lowest BCUT2D eigenvalue weighted by Crippen LogP contribution is -2.38. The Hall–Kier alpha value is -1.90. The second kappa shape index (κ2) is 9.34. The number of hydrogen-bond donors (Lipinski definition) is 2. The van der Waals surface area contributed by atoms with Gasteiger partial charge in [-0.2, -0.15) is 13.2 Å². The summed E-state index contributed by atoms with van der Waals surface area (Å²) in [4.78, 5) is 11.1. The molecule has 1 unspecified atom stereocenters. The van der Waals surface area contributed by atoms with Crippen LogP contribution < -0.4 is 15.8 Å². The number of primary amides is 1. The third kappa shape index (κ3) is 7.32. The van der Waals surface area contributed by atoms with Crippen molar-refractivity contribution >= 4 is 29.3 Å². The fraction of sp³-hybridized carbons (Fsp3) is 0.278. The Bertz CT molecular complexity index is 785. The smallest absolute Gasteiger partial charge is 0.446 e. The molecular formula is C18H18ClF3N2O2S. The zero-order valence-corrected chi connectivity index (χ0v) is 15.9. The molecule has 1 amide bonds. The van der Waals surface area contributed by atoms with E-state index in [2.05, 4.69) is 5.32 Å². The summed E-state index contributed by atoms with van der Waals surface area (Å²) in [5.74, 6) is 0.0752. The second-order valence-corrected chi connectivity index (χ2v) is 7.28. The van der Waals surface area contributed by atoms with E-state index in [9.17, 15) is 18.0 Å². The minimum Gasteiger partial charge on any atom is -0.489 e. The van der Waals surface area contributed by atoms with Gasteiger partial charge in [-0.15, -0.1) is 0 Å². The number of alkyl halides is 3. The summed E-state index contributed by atoms with van der Waals surface area (Å²) in [5, 5.41) is 3.42. The number of thioether (sulfide) groups is 1. The lowest BCUT2D eigenvalue weighted by molar-refractivity contribution is -0.119. The Morgan fingerprint density at radius 3 is 2.48 bits per heavy atom. The van der Waals surface area contributed by atoms with E-state index in [4.69, 9.17) is 22.1 Å². The number of hydrogen-bond acceptors (Lipinski definition) is 4. The Labute approximate surface area is 164 Å². The van der Waals surface area contributed by atoms with Gasteiger partial charge in [0.05, 0.1) is 6.04 Å². The van der Waals surface area contributed by atoms with E-state index >= 15 is 0 Å². The van der Waals surface area contributed by atoms with Crippen molar-refractivity contribution in [1.29, 1.82) is 0 Å². The normalized spacial score (nSPS) is 12.6. The number of carbonyl (C=O) groups is 1. The number of halogens is 4. The molecule has 0 fully saturated rings. The molecule has 0 heterocycles. The molecule has 2 aromatic rings. The molecule has 0 saturated heterocycles. The number of nitrogens with two attached hydrogens (primary N) is 1. The highest BCUT2D eigenvalue weighted by molar-refractivity contribution is 8.00. The van der Waals surface area contributed by atoms with Crippen LogP contribution in [0.15, 0.2) is 47.4 Å². The molecule has 2 rings (SSSR count). The Balaban J connectivity index is 1.90. The van der Waals surface area contributed by atoms with Gasteiger partial charge >= 0.3 is 5.51 Å². The highest BCUT2D eigenvalue weighted by Gasteiger charge is 2.28. The predicted molar refractivity (Wildman–Crippen MR) is 99.6 cm³/mol. The van der Waals surface area contributed by atoms with Crippen molar-refractivity contribution in [3.05, 3.63) is 58.6 Å². The number of rotatable bonds is 8. The highest BCUT2D eigenvalue weighted by atomic mass is 35.5. The summed E-state index contributed by atoms with van der Waals surface area (Å²) >= 11 is 6.05. The van der Waals surface area contributed by atoms with Gasteiger partial charge in [-0.1, -0.05) is 29.8 Å². The van der Waals surface area contributed by atoms with Crippen molar-refractivity contribution in [2.45, 2.75) is 36.5 Å². The number of ether oxygens (including phenoxy) is 1. The van der Waals surface area contributed by atoms with Gasteiger partial charge in [0.25, 0.3) is 0 Å². The molecule has 0 aliphatic rings. The van der Waals surface area contributed by atoms with Gasteiger partial charge in [-0.05, 0) is 54.1 Å². The molecule has 3 N–H and O–H groups in total. The molecule has 0 spiro atoms. The maximum absolute atomic E-state index is 12.3. The summed E-state index contributed by atoms with van der Waals surface area (Å²) in [6.45, 7) is 2.23. The average molecular weight is 419 g/mol. The van der Waals surface area contributed by atoms with Crippen molar-refractivity contribution in [3.63, 3.8) is 0 Å². The van der Waals surface area contributed by atoms with Crippen LogP contribution in [0.3, 0.4) is 0 Å². The molecule has 0 aliphatic heterocycles. The van der Waals surface area contributed by atoms with Gasteiger partial charge in [-0.25, -0.2) is 0 Å². The maximum Gasteiger partial charge on any atom is 0.446 e. The zero-order chi connectivity index (χ0) is 20.0. The predicted octanol–water partition coefficient (Wildman–Crippen LogP) is 4.49. The fourth-order valence-corrected chi connectivity index (χ4v) is 2.86. The SMILES string of the molecule is CC(NCc1ccc(OCc2ccc(SC(F)(F)F)cc2)cc1Cl)C(N)=O. The summed E-state index contributed by atoms with van der Waals surface area (Å²) in [7, 11) is 0. The van der Waals surface area contributed by atoms with Gasteiger partial charge in [-0.3, -0.25) is 4.79 Å². The first-order chi connectivity index (χ1) is 12.6. The number of benzene rings is 2. The van der Waals surface area contributed by atoms with E-state index in [1.165, 1.54) is 12.1 Å². The summed E-state index contributed by atoms with van der Waals surface area (Å²) in [6, 6.07) is 10.6. The molecule has 1 atom stereocenters. The number of carbonyl (C=O) groups excluding carboxylic acids is 1. The van der Waals surface area contributed by atoms with E-state index in [-0.39, 0.29) is 23.3 Å². The lowest BCUT2D eigenvalue weighted by atomic mass is 10.2. The molecule has 4 nitrogen and oxygen atoms in total. The molecule has 0 aromatic heterocycles. The van der Waals surface area contributed by atoms with Crippen LogP contribution in [0.1, 0.15) is 18.1 Å². The first-order valence-electron chi connectivity index (χ1n) is 7.92. The minimum absolute atomic E-state index is 0.122. The van der Waals surface area contributed by atoms with E-state index < -0.39 is 17.5 Å². The number of amides is 1. The molecule has 146 valence electrons. The zero-order valence-electron chi connectivity index (χ0n) is 14.3. The molecule has 2 aromatic carbocycles. The molecule has 0 bridgehead atoms. The molecule has 0 radical (unpaired) electrons. The monoisotopic (exact) mass is 418 g/mol. The topological polar surface area (TPSA) is 64.3 Å². The van der Waals surface area contributed by atoms with E-state index in [0.717, 1.165) is 11.1 Å². The lowest BCUT2D eigenvalue weighted by Gasteiger charge is -2.13. The van der Waals surface area contributed by atoms with Crippen LogP contribution in [-0.2, 0) is 17.9 Å². The average Bonchev–Trinajstić information content (AvgIpc) is 2.58. The Morgan fingerprint density at radius 1 is 1.26 bits per heavy atom. The summed E-state index contributed by atoms with van der Waals surface area (Å²) in [6.07, 6.45) is 0. The van der Waals surface area contributed by atoms with Gasteiger partial charge in [0.15, 0.2) is 0 Å². The maximum atomic E-state index is 12.3. The van der Waals surface area contributed by atoms with E-state index in [1.807, 2.05) is 0 Å². The molecule has 27 heavy (non-hydrogen) atoms. The summed E-state index contributed by atoms with van der Waals surface area (Å²) < 4.78 is 42.6. The third-order valence-corrected chi connectivity index (χ3v) is 4.70. The largest absolute Gasteiger partial charge is 0.489 e.